The van der Waals surface area contributed by atoms with E-state index in [1.165, 1.54) is 0 Å². The van der Waals surface area contributed by atoms with E-state index < -0.39 is 0 Å². The average molecular weight is 168 g/mol. The van der Waals surface area contributed by atoms with Gasteiger partial charge in [-0.25, -0.2) is 0 Å². The van der Waals surface area contributed by atoms with Crippen LogP contribution in [0.3, 0.4) is 0 Å². The second-order valence-corrected chi connectivity index (χ2v) is 2.48. The largest absolute Gasteiger partial charge is 0.469 e. The van der Waals surface area contributed by atoms with Crippen LogP contribution in [0.2, 0.25) is 0 Å². The van der Waals surface area contributed by atoms with Crippen LogP contribution in [0.4, 0.5) is 0 Å². The molecule has 12 heavy (non-hydrogen) atoms. The number of carbonyl (C=O) groups excluding carboxylic acids is 1. The summed E-state index contributed by atoms with van der Waals surface area (Å²) in [6, 6.07) is 1.78. The number of ether oxygens (including phenoxy) is 1. The number of hydrogen-bond acceptors (Lipinski definition) is 3. The van der Waals surface area contributed by atoms with Crippen LogP contribution in [0, 0.1) is 6.92 Å². The van der Waals surface area contributed by atoms with E-state index in [0.717, 1.165) is 11.3 Å². The van der Waals surface area contributed by atoms with Crippen LogP contribution in [0.25, 0.3) is 0 Å². The zero-order valence-corrected chi connectivity index (χ0v) is 7.29. The first-order valence-electron chi connectivity index (χ1n) is 3.92. The molecule has 0 unspecified atom stereocenters. The van der Waals surface area contributed by atoms with Crippen LogP contribution in [0.5, 0.6) is 0 Å². The van der Waals surface area contributed by atoms with E-state index in [1.807, 2.05) is 6.92 Å². The Bertz CT molecular complexity index is 262. The Morgan fingerprint density at radius 1 is 1.67 bits per heavy atom. The number of aryl methyl sites for hydroxylation is 1. The van der Waals surface area contributed by atoms with Gasteiger partial charge in [0.2, 0.25) is 0 Å². The molecule has 3 nitrogen and oxygen atoms in total. The van der Waals surface area contributed by atoms with E-state index in [4.69, 9.17) is 9.15 Å². The van der Waals surface area contributed by atoms with Crippen molar-refractivity contribution < 1.29 is 13.9 Å². The Morgan fingerprint density at radius 3 is 2.92 bits per heavy atom. The van der Waals surface area contributed by atoms with Gasteiger partial charge in [-0.05, 0) is 19.9 Å². The van der Waals surface area contributed by atoms with Gasteiger partial charge in [-0.15, -0.1) is 0 Å². The summed E-state index contributed by atoms with van der Waals surface area (Å²) in [7, 11) is 0. The third-order valence-electron chi connectivity index (χ3n) is 1.61. The summed E-state index contributed by atoms with van der Waals surface area (Å²) in [5.74, 6) is 0.574. The summed E-state index contributed by atoms with van der Waals surface area (Å²) >= 11 is 0. The maximum absolute atomic E-state index is 11.0. The zero-order chi connectivity index (χ0) is 8.97. The number of furan rings is 1. The van der Waals surface area contributed by atoms with Crippen LogP contribution >= 0.6 is 0 Å². The van der Waals surface area contributed by atoms with E-state index in [9.17, 15) is 4.79 Å². The third-order valence-corrected chi connectivity index (χ3v) is 1.61. The number of esters is 1. The molecule has 0 aliphatic heterocycles. The fourth-order valence-electron chi connectivity index (χ4n) is 0.962. The van der Waals surface area contributed by atoms with Crippen LogP contribution in [-0.4, -0.2) is 12.6 Å². The normalized spacial score (nSPS) is 9.83. The van der Waals surface area contributed by atoms with Gasteiger partial charge in [0.25, 0.3) is 0 Å². The third kappa shape index (κ3) is 2.12. The van der Waals surface area contributed by atoms with Crippen molar-refractivity contribution in [3.8, 4) is 0 Å². The average Bonchev–Trinajstić information content (AvgIpc) is 2.37. The fourth-order valence-corrected chi connectivity index (χ4v) is 0.962. The minimum atomic E-state index is -0.206. The highest BCUT2D eigenvalue weighted by Crippen LogP contribution is 2.09. The first-order valence-corrected chi connectivity index (χ1v) is 3.92. The first kappa shape index (κ1) is 8.84. The molecule has 0 amide bonds. The van der Waals surface area contributed by atoms with Crippen LogP contribution in [0.1, 0.15) is 18.2 Å². The van der Waals surface area contributed by atoms with Gasteiger partial charge in [0.15, 0.2) is 0 Å². The Morgan fingerprint density at radius 2 is 2.42 bits per heavy atom. The van der Waals surface area contributed by atoms with E-state index in [1.54, 1.807) is 19.3 Å². The van der Waals surface area contributed by atoms with Gasteiger partial charge in [0.05, 0.1) is 19.3 Å². The van der Waals surface area contributed by atoms with E-state index >= 15 is 0 Å². The highest BCUT2D eigenvalue weighted by Gasteiger charge is 2.07. The molecule has 0 saturated carbocycles. The molecule has 0 fully saturated rings. The predicted octanol–water partition coefficient (Wildman–Crippen LogP) is 1.69. The monoisotopic (exact) mass is 168 g/mol. The number of carbonyl (C=O) groups is 1. The minimum absolute atomic E-state index is 0.206. The molecule has 0 radical (unpaired) electrons. The molecule has 1 rings (SSSR count). The topological polar surface area (TPSA) is 39.4 Å². The maximum Gasteiger partial charge on any atom is 0.310 e. The lowest BCUT2D eigenvalue weighted by molar-refractivity contribution is -0.142. The van der Waals surface area contributed by atoms with Crippen LogP contribution in [0.15, 0.2) is 16.7 Å². The van der Waals surface area contributed by atoms with Gasteiger partial charge in [0, 0.05) is 5.56 Å². The van der Waals surface area contributed by atoms with Crippen molar-refractivity contribution in [3.63, 3.8) is 0 Å². The second-order valence-electron chi connectivity index (χ2n) is 2.48. The van der Waals surface area contributed by atoms with Gasteiger partial charge in [0.1, 0.15) is 5.76 Å². The molecule has 0 saturated heterocycles. The summed E-state index contributed by atoms with van der Waals surface area (Å²) in [4.78, 5) is 11.0. The number of rotatable bonds is 3. The van der Waals surface area contributed by atoms with Gasteiger partial charge < -0.3 is 9.15 Å². The van der Waals surface area contributed by atoms with E-state index in [-0.39, 0.29) is 5.97 Å². The van der Waals surface area contributed by atoms with Gasteiger partial charge >= 0.3 is 5.97 Å². The van der Waals surface area contributed by atoms with Crippen LogP contribution in [-0.2, 0) is 16.0 Å². The SMILES string of the molecule is CCOC(=O)Cc1ccoc1C. The lowest BCUT2D eigenvalue weighted by atomic mass is 10.2. The Balaban J connectivity index is 2.52. The van der Waals surface area contributed by atoms with Crippen molar-refractivity contribution in [2.45, 2.75) is 20.3 Å². The molecule has 0 bridgehead atoms. The quantitative estimate of drug-likeness (QED) is 0.645. The standard InChI is InChI=1S/C9H12O3/c1-3-11-9(10)6-8-4-5-12-7(8)2/h4-5H,3,6H2,1-2H3. The van der Waals surface area contributed by atoms with Gasteiger partial charge in [-0.2, -0.15) is 0 Å². The zero-order valence-electron chi connectivity index (χ0n) is 7.29. The summed E-state index contributed by atoms with van der Waals surface area (Å²) in [6.07, 6.45) is 1.88. The molecular formula is C9H12O3. The lowest BCUT2D eigenvalue weighted by Crippen LogP contribution is -2.07. The van der Waals surface area contributed by atoms with E-state index in [2.05, 4.69) is 0 Å². The van der Waals surface area contributed by atoms with E-state index in [0.29, 0.717) is 13.0 Å². The molecule has 0 N–H and O–H groups in total. The minimum Gasteiger partial charge on any atom is -0.469 e. The lowest BCUT2D eigenvalue weighted by Gasteiger charge is -1.99. The van der Waals surface area contributed by atoms with Crippen molar-refractivity contribution in [1.29, 1.82) is 0 Å². The fraction of sp³-hybridized carbons (Fsp3) is 0.444. The molecule has 3 heteroatoms. The smallest absolute Gasteiger partial charge is 0.310 e. The van der Waals surface area contributed by atoms with Gasteiger partial charge in [-0.1, -0.05) is 0 Å². The molecule has 0 atom stereocenters. The van der Waals surface area contributed by atoms with Crippen LogP contribution < -0.4 is 0 Å². The molecule has 66 valence electrons. The molecule has 1 aromatic heterocycles. The first-order chi connectivity index (χ1) is 5.74. The molecule has 1 heterocycles. The Hall–Kier alpha value is -1.25. The Kier molecular flexibility index (Phi) is 2.91. The molecule has 1 aromatic rings. The molecule has 0 aromatic carbocycles. The highest BCUT2D eigenvalue weighted by atomic mass is 16.5. The van der Waals surface area contributed by atoms with Crippen molar-refractivity contribution >= 4 is 5.97 Å². The number of hydrogen-bond donors (Lipinski definition) is 0. The van der Waals surface area contributed by atoms with Crippen molar-refractivity contribution in [1.82, 2.24) is 0 Å². The summed E-state index contributed by atoms with van der Waals surface area (Å²) < 4.78 is 9.83. The Labute approximate surface area is 71.3 Å². The highest BCUT2D eigenvalue weighted by molar-refractivity contribution is 5.72. The molecule has 0 aliphatic carbocycles. The van der Waals surface area contributed by atoms with Gasteiger partial charge in [-0.3, -0.25) is 4.79 Å². The van der Waals surface area contributed by atoms with Crippen molar-refractivity contribution in [2.75, 3.05) is 6.61 Å². The molecule has 0 aliphatic rings. The summed E-state index contributed by atoms with van der Waals surface area (Å²) in [5, 5.41) is 0. The summed E-state index contributed by atoms with van der Waals surface area (Å²) in [5.41, 5.74) is 0.897. The summed E-state index contributed by atoms with van der Waals surface area (Å²) in [6.45, 7) is 4.05. The predicted molar refractivity (Wildman–Crippen MR) is 43.8 cm³/mol. The second kappa shape index (κ2) is 3.95. The molecule has 0 spiro atoms. The van der Waals surface area contributed by atoms with Crippen molar-refractivity contribution in [3.05, 3.63) is 23.7 Å². The molecular weight excluding hydrogens is 156 g/mol. The maximum atomic E-state index is 11.0. The van der Waals surface area contributed by atoms with Crippen molar-refractivity contribution in [2.24, 2.45) is 0 Å².